The van der Waals surface area contributed by atoms with Gasteiger partial charge in [-0.25, -0.2) is 0 Å². The van der Waals surface area contributed by atoms with Crippen LogP contribution in [0.5, 0.6) is 11.5 Å². The van der Waals surface area contributed by atoms with Crippen molar-refractivity contribution in [3.63, 3.8) is 0 Å². The van der Waals surface area contributed by atoms with Crippen molar-refractivity contribution in [1.29, 1.82) is 5.41 Å². The van der Waals surface area contributed by atoms with Gasteiger partial charge in [-0.1, -0.05) is 45.1 Å². The van der Waals surface area contributed by atoms with E-state index in [9.17, 15) is 9.59 Å². The van der Waals surface area contributed by atoms with Gasteiger partial charge in [0.15, 0.2) is 17.5 Å². The molecule has 1 aliphatic rings. The molecule has 0 heterocycles. The molecule has 178 valence electrons. The molecule has 2 rings (SSSR count). The number of methoxy groups -OCH3 is 2. The van der Waals surface area contributed by atoms with Gasteiger partial charge in [0.05, 0.1) is 20.6 Å². The molecule has 1 aliphatic carbocycles. The van der Waals surface area contributed by atoms with Crippen LogP contribution >= 0.6 is 0 Å². The molecule has 0 unspecified atom stereocenters. The van der Waals surface area contributed by atoms with E-state index in [2.05, 4.69) is 16.0 Å². The highest BCUT2D eigenvalue weighted by atomic mass is 16.5. The molecule has 8 nitrogen and oxygen atoms in total. The van der Waals surface area contributed by atoms with E-state index in [1.54, 1.807) is 25.3 Å². The van der Waals surface area contributed by atoms with Crippen molar-refractivity contribution in [1.82, 2.24) is 16.0 Å². The molecular weight excluding hydrogens is 408 g/mol. The Morgan fingerprint density at radius 3 is 2.41 bits per heavy atom. The van der Waals surface area contributed by atoms with Crippen LogP contribution in [0.3, 0.4) is 0 Å². The zero-order chi connectivity index (χ0) is 23.5. The van der Waals surface area contributed by atoms with Crippen molar-refractivity contribution in [2.75, 3.05) is 14.2 Å². The number of carbonyl (C=O) groups is 2. The standard InChI is InChI=1S/C24H38N4O4/c1-5-16(2)26-23(30)19(13-17-9-7-6-8-10-17)27-24(25)28-22(29)15-18-11-12-20(31-3)21(14-18)32-4/h11-12,14,16-17,19H,5-10,13,15H2,1-4H3,(H,26,30)(H3,25,27,28,29)/t16-,19+/m0/s1. The molecule has 0 saturated heterocycles. The Morgan fingerprint density at radius 1 is 1.09 bits per heavy atom. The quantitative estimate of drug-likeness (QED) is 0.326. The van der Waals surface area contributed by atoms with Crippen LogP contribution in [0.15, 0.2) is 18.2 Å². The van der Waals surface area contributed by atoms with E-state index >= 15 is 0 Å². The third kappa shape index (κ3) is 8.05. The minimum Gasteiger partial charge on any atom is -0.493 e. The maximum Gasteiger partial charge on any atom is 0.242 e. The summed E-state index contributed by atoms with van der Waals surface area (Å²) >= 11 is 0. The summed E-state index contributed by atoms with van der Waals surface area (Å²) in [5.74, 6) is 0.969. The predicted octanol–water partition coefficient (Wildman–Crippen LogP) is 3.14. The Balaban J connectivity index is 1.96. The van der Waals surface area contributed by atoms with Gasteiger partial charge >= 0.3 is 0 Å². The summed E-state index contributed by atoms with van der Waals surface area (Å²) < 4.78 is 10.5. The lowest BCUT2D eigenvalue weighted by Crippen LogP contribution is -2.53. The first kappa shape index (κ1) is 25.5. The van der Waals surface area contributed by atoms with Gasteiger partial charge in [-0.2, -0.15) is 0 Å². The molecule has 0 radical (unpaired) electrons. The average Bonchev–Trinajstić information content (AvgIpc) is 2.78. The fourth-order valence-corrected chi connectivity index (χ4v) is 4.00. The van der Waals surface area contributed by atoms with E-state index < -0.39 is 6.04 Å². The third-order valence-corrected chi connectivity index (χ3v) is 6.01. The van der Waals surface area contributed by atoms with Crippen molar-refractivity contribution >= 4 is 17.8 Å². The van der Waals surface area contributed by atoms with E-state index in [0.717, 1.165) is 24.8 Å². The minimum atomic E-state index is -0.541. The summed E-state index contributed by atoms with van der Waals surface area (Å²) in [5, 5.41) is 16.7. The average molecular weight is 447 g/mol. The highest BCUT2D eigenvalue weighted by Crippen LogP contribution is 2.28. The van der Waals surface area contributed by atoms with Gasteiger partial charge in [0.1, 0.15) is 6.04 Å². The van der Waals surface area contributed by atoms with Crippen molar-refractivity contribution < 1.29 is 19.1 Å². The molecule has 2 amide bonds. The highest BCUT2D eigenvalue weighted by molar-refractivity contribution is 5.98. The number of amides is 2. The number of ether oxygens (including phenoxy) is 2. The molecule has 0 aromatic heterocycles. The van der Waals surface area contributed by atoms with Crippen LogP contribution in [-0.2, 0) is 16.0 Å². The SMILES string of the molecule is CC[C@H](C)NC(=O)[C@@H](CC1CCCCC1)NC(=N)NC(=O)Cc1ccc(OC)c(OC)c1. The summed E-state index contributed by atoms with van der Waals surface area (Å²) in [6.07, 6.45) is 7.40. The molecule has 1 fully saturated rings. The second kappa shape index (κ2) is 12.9. The molecule has 1 aromatic carbocycles. The van der Waals surface area contributed by atoms with Crippen molar-refractivity contribution in [2.45, 2.75) is 77.3 Å². The Kier molecular flexibility index (Phi) is 10.3. The van der Waals surface area contributed by atoms with Gasteiger partial charge in [-0.05, 0) is 43.4 Å². The number of hydrogen-bond acceptors (Lipinski definition) is 5. The number of benzene rings is 1. The van der Waals surface area contributed by atoms with Gasteiger partial charge in [-0.3, -0.25) is 20.3 Å². The van der Waals surface area contributed by atoms with E-state index in [1.165, 1.54) is 26.4 Å². The first-order valence-corrected chi connectivity index (χ1v) is 11.5. The van der Waals surface area contributed by atoms with Gasteiger partial charge in [-0.15, -0.1) is 0 Å². The van der Waals surface area contributed by atoms with Crippen molar-refractivity contribution in [2.24, 2.45) is 5.92 Å². The van der Waals surface area contributed by atoms with Crippen LogP contribution in [0, 0.1) is 11.3 Å². The molecule has 8 heteroatoms. The summed E-state index contributed by atoms with van der Waals surface area (Å²) in [6.45, 7) is 3.98. The predicted molar refractivity (Wildman–Crippen MR) is 125 cm³/mol. The normalized spacial score (nSPS) is 15.9. The van der Waals surface area contributed by atoms with Crippen LogP contribution in [0.1, 0.15) is 64.4 Å². The van der Waals surface area contributed by atoms with E-state index in [4.69, 9.17) is 14.9 Å². The second-order valence-electron chi connectivity index (χ2n) is 8.54. The lowest BCUT2D eigenvalue weighted by atomic mass is 9.84. The van der Waals surface area contributed by atoms with Gasteiger partial charge < -0.3 is 20.1 Å². The molecule has 1 aromatic rings. The van der Waals surface area contributed by atoms with E-state index in [-0.39, 0.29) is 30.2 Å². The molecule has 4 N–H and O–H groups in total. The van der Waals surface area contributed by atoms with E-state index in [1.807, 2.05) is 13.8 Å². The first-order chi connectivity index (χ1) is 15.4. The van der Waals surface area contributed by atoms with Crippen LogP contribution < -0.4 is 25.4 Å². The zero-order valence-corrected chi connectivity index (χ0v) is 19.8. The minimum absolute atomic E-state index is 0.0620. The smallest absolute Gasteiger partial charge is 0.242 e. The fourth-order valence-electron chi connectivity index (χ4n) is 4.00. The summed E-state index contributed by atoms with van der Waals surface area (Å²) in [4.78, 5) is 25.3. The largest absolute Gasteiger partial charge is 0.493 e. The zero-order valence-electron chi connectivity index (χ0n) is 19.8. The van der Waals surface area contributed by atoms with Gasteiger partial charge in [0.25, 0.3) is 0 Å². The Labute approximate surface area is 191 Å². The number of rotatable bonds is 10. The summed E-state index contributed by atoms with van der Waals surface area (Å²) in [5.41, 5.74) is 0.737. The Bertz CT molecular complexity index is 777. The Morgan fingerprint density at radius 2 is 1.78 bits per heavy atom. The molecule has 0 bridgehead atoms. The topological polar surface area (TPSA) is 113 Å². The van der Waals surface area contributed by atoms with Crippen LogP contribution in [0.2, 0.25) is 0 Å². The summed E-state index contributed by atoms with van der Waals surface area (Å²) in [7, 11) is 3.09. The molecular formula is C24H38N4O4. The summed E-state index contributed by atoms with van der Waals surface area (Å²) in [6, 6.07) is 4.78. The van der Waals surface area contributed by atoms with Gasteiger partial charge in [0, 0.05) is 6.04 Å². The second-order valence-corrected chi connectivity index (χ2v) is 8.54. The molecule has 2 atom stereocenters. The lowest BCUT2D eigenvalue weighted by Gasteiger charge is -2.28. The number of hydrogen-bond donors (Lipinski definition) is 4. The molecule has 32 heavy (non-hydrogen) atoms. The van der Waals surface area contributed by atoms with Crippen LogP contribution in [-0.4, -0.2) is 44.1 Å². The van der Waals surface area contributed by atoms with Crippen LogP contribution in [0.4, 0.5) is 0 Å². The first-order valence-electron chi connectivity index (χ1n) is 11.5. The molecule has 0 aliphatic heterocycles. The molecule has 0 spiro atoms. The Hall–Kier alpha value is -2.77. The number of carbonyl (C=O) groups excluding carboxylic acids is 2. The van der Waals surface area contributed by atoms with Gasteiger partial charge in [0.2, 0.25) is 11.8 Å². The molecule has 1 saturated carbocycles. The third-order valence-electron chi connectivity index (χ3n) is 6.01. The lowest BCUT2D eigenvalue weighted by molar-refractivity contribution is -0.124. The van der Waals surface area contributed by atoms with Crippen molar-refractivity contribution in [3.8, 4) is 11.5 Å². The maximum absolute atomic E-state index is 12.8. The van der Waals surface area contributed by atoms with Crippen molar-refractivity contribution in [3.05, 3.63) is 23.8 Å². The van der Waals surface area contributed by atoms with Crippen LogP contribution in [0.25, 0.3) is 0 Å². The number of guanidine groups is 1. The monoisotopic (exact) mass is 446 g/mol. The fraction of sp³-hybridized carbons (Fsp3) is 0.625. The number of nitrogens with one attached hydrogen (secondary N) is 4. The maximum atomic E-state index is 12.8. The van der Waals surface area contributed by atoms with E-state index in [0.29, 0.717) is 23.8 Å². The highest BCUT2D eigenvalue weighted by Gasteiger charge is 2.26.